The minimum atomic E-state index is -4.40. The zero-order chi connectivity index (χ0) is 21.8. The SMILES string of the molecule is CCN(C(=O)CCS(=O)CCC(F)(F)F)c1cn(C2=CC(F)=CN(O)C2)nc1Cl. The molecule has 0 bridgehead atoms. The highest BCUT2D eigenvalue weighted by atomic mass is 35.5. The van der Waals surface area contributed by atoms with Gasteiger partial charge in [0.1, 0.15) is 11.5 Å². The van der Waals surface area contributed by atoms with Crippen molar-refractivity contribution >= 4 is 39.7 Å². The second kappa shape index (κ2) is 9.72. The molecule has 1 atom stereocenters. The Kier molecular flexibility index (Phi) is 7.83. The maximum absolute atomic E-state index is 13.5. The molecule has 1 amide bonds. The van der Waals surface area contributed by atoms with Crippen LogP contribution >= 0.6 is 11.6 Å². The Morgan fingerprint density at radius 1 is 1.41 bits per heavy atom. The molecule has 13 heteroatoms. The van der Waals surface area contributed by atoms with Crippen LogP contribution in [0.4, 0.5) is 23.2 Å². The van der Waals surface area contributed by atoms with Crippen LogP contribution in [0.3, 0.4) is 0 Å². The van der Waals surface area contributed by atoms with Crippen LogP contribution < -0.4 is 4.90 Å². The van der Waals surface area contributed by atoms with Gasteiger partial charge in [-0.05, 0) is 13.0 Å². The third-order valence-corrected chi connectivity index (χ3v) is 5.50. The van der Waals surface area contributed by atoms with E-state index in [2.05, 4.69) is 5.10 Å². The van der Waals surface area contributed by atoms with Gasteiger partial charge in [-0.3, -0.25) is 19.3 Å². The number of carbonyl (C=O) groups excluding carboxylic acids is 1. The first-order valence-electron chi connectivity index (χ1n) is 8.51. The average molecular weight is 459 g/mol. The second-order valence-electron chi connectivity index (χ2n) is 6.10. The lowest BCUT2D eigenvalue weighted by Crippen LogP contribution is -2.31. The fourth-order valence-electron chi connectivity index (χ4n) is 2.56. The predicted octanol–water partition coefficient (Wildman–Crippen LogP) is 3.34. The largest absolute Gasteiger partial charge is 0.390 e. The summed E-state index contributed by atoms with van der Waals surface area (Å²) in [5, 5.41) is 14.1. The Balaban J connectivity index is 2.06. The number of alkyl halides is 3. The summed E-state index contributed by atoms with van der Waals surface area (Å²) in [6.07, 6.45) is -2.40. The van der Waals surface area contributed by atoms with E-state index in [-0.39, 0.29) is 41.8 Å². The van der Waals surface area contributed by atoms with Crippen molar-refractivity contribution in [1.82, 2.24) is 14.8 Å². The number of aromatic nitrogens is 2. The number of halogens is 5. The molecule has 1 aromatic heterocycles. The van der Waals surface area contributed by atoms with Crippen molar-refractivity contribution in [1.29, 1.82) is 0 Å². The summed E-state index contributed by atoms with van der Waals surface area (Å²) in [5.41, 5.74) is 0.470. The number of hydrogen-bond acceptors (Lipinski definition) is 5. The zero-order valence-electron chi connectivity index (χ0n) is 15.3. The number of allylic oxidation sites excluding steroid dienone is 2. The maximum Gasteiger partial charge on any atom is 0.390 e. The number of carbonyl (C=O) groups is 1. The molecule has 0 spiro atoms. The summed E-state index contributed by atoms with van der Waals surface area (Å²) in [7, 11) is -1.79. The highest BCUT2D eigenvalue weighted by Gasteiger charge is 2.28. The van der Waals surface area contributed by atoms with Crippen LogP contribution in [0.15, 0.2) is 24.3 Å². The summed E-state index contributed by atoms with van der Waals surface area (Å²) < 4.78 is 63.0. The van der Waals surface area contributed by atoms with Crippen molar-refractivity contribution in [2.45, 2.75) is 25.9 Å². The van der Waals surface area contributed by atoms with Crippen LogP contribution in [-0.4, -0.2) is 60.9 Å². The van der Waals surface area contributed by atoms with Gasteiger partial charge in [-0.15, -0.1) is 0 Å². The van der Waals surface area contributed by atoms with Crippen molar-refractivity contribution in [2.24, 2.45) is 0 Å². The van der Waals surface area contributed by atoms with E-state index in [9.17, 15) is 31.8 Å². The summed E-state index contributed by atoms with van der Waals surface area (Å²) in [5.74, 6) is -1.96. The first-order valence-corrected chi connectivity index (χ1v) is 10.4. The molecule has 1 unspecified atom stereocenters. The second-order valence-corrected chi connectivity index (χ2v) is 8.15. The number of hydrogen-bond donors (Lipinski definition) is 1. The molecule has 0 fully saturated rings. The van der Waals surface area contributed by atoms with Gasteiger partial charge in [-0.2, -0.15) is 18.3 Å². The normalized spacial score (nSPS) is 15.8. The quantitative estimate of drug-likeness (QED) is 0.604. The van der Waals surface area contributed by atoms with Crippen LogP contribution in [0.2, 0.25) is 5.15 Å². The Morgan fingerprint density at radius 3 is 2.69 bits per heavy atom. The highest BCUT2D eigenvalue weighted by molar-refractivity contribution is 7.84. The molecular formula is C16H19ClF4N4O3S. The van der Waals surface area contributed by atoms with Gasteiger partial charge >= 0.3 is 6.18 Å². The van der Waals surface area contributed by atoms with E-state index in [1.165, 1.54) is 15.8 Å². The topological polar surface area (TPSA) is 78.7 Å². The van der Waals surface area contributed by atoms with Gasteiger partial charge in [0, 0.05) is 35.3 Å². The van der Waals surface area contributed by atoms with E-state index < -0.39 is 40.9 Å². The van der Waals surface area contributed by atoms with Crippen LogP contribution in [-0.2, 0) is 15.6 Å². The summed E-state index contributed by atoms with van der Waals surface area (Å²) in [6.45, 7) is 1.77. The number of hydroxylamine groups is 2. The molecule has 7 nitrogen and oxygen atoms in total. The summed E-state index contributed by atoms with van der Waals surface area (Å²) >= 11 is 6.09. The predicted molar refractivity (Wildman–Crippen MR) is 100 cm³/mol. The maximum atomic E-state index is 13.5. The van der Waals surface area contributed by atoms with Gasteiger partial charge in [-0.25, -0.2) is 9.07 Å². The van der Waals surface area contributed by atoms with E-state index >= 15 is 0 Å². The molecule has 29 heavy (non-hydrogen) atoms. The molecule has 1 N–H and O–H groups in total. The van der Waals surface area contributed by atoms with Gasteiger partial charge in [0.2, 0.25) is 5.91 Å². The standard InChI is InChI=1S/C16H19ClF4N4O3S/c1-2-24(14(26)3-5-29(28)6-4-16(19,20)21)13-10-25(22-15(13)17)12-7-11(18)8-23(27)9-12/h7-8,10,27H,2-6,9H2,1H3. The van der Waals surface area contributed by atoms with Gasteiger partial charge in [0.15, 0.2) is 5.15 Å². The van der Waals surface area contributed by atoms with Gasteiger partial charge < -0.3 is 4.90 Å². The number of anilines is 1. The fourth-order valence-corrected chi connectivity index (χ4v) is 3.85. The summed E-state index contributed by atoms with van der Waals surface area (Å²) in [4.78, 5) is 13.7. The Morgan fingerprint density at radius 2 is 2.10 bits per heavy atom. The highest BCUT2D eigenvalue weighted by Crippen LogP contribution is 2.28. The van der Waals surface area contributed by atoms with Crippen LogP contribution in [0.1, 0.15) is 19.8 Å². The number of rotatable bonds is 8. The van der Waals surface area contributed by atoms with E-state index in [1.54, 1.807) is 6.92 Å². The van der Waals surface area contributed by atoms with Crippen molar-refractivity contribution < 1.29 is 31.8 Å². The minimum Gasteiger partial charge on any atom is -0.308 e. The van der Waals surface area contributed by atoms with E-state index in [0.29, 0.717) is 5.06 Å². The van der Waals surface area contributed by atoms with E-state index in [0.717, 1.165) is 12.3 Å². The van der Waals surface area contributed by atoms with Gasteiger partial charge in [-0.1, -0.05) is 11.6 Å². The molecule has 0 aliphatic carbocycles. The van der Waals surface area contributed by atoms with Gasteiger partial charge in [0.05, 0.1) is 31.1 Å². The van der Waals surface area contributed by atoms with Crippen molar-refractivity contribution in [3.8, 4) is 0 Å². The summed E-state index contributed by atoms with van der Waals surface area (Å²) in [6, 6.07) is 0. The zero-order valence-corrected chi connectivity index (χ0v) is 16.9. The molecule has 2 rings (SSSR count). The third-order valence-electron chi connectivity index (χ3n) is 3.91. The first kappa shape index (κ1) is 23.4. The number of amides is 1. The smallest absolute Gasteiger partial charge is 0.308 e. The molecule has 0 radical (unpaired) electrons. The lowest BCUT2D eigenvalue weighted by atomic mass is 10.3. The van der Waals surface area contributed by atoms with Crippen molar-refractivity contribution in [3.05, 3.63) is 29.5 Å². The molecule has 0 saturated carbocycles. The van der Waals surface area contributed by atoms with E-state index in [4.69, 9.17) is 11.6 Å². The Bertz CT molecular complexity index is 841. The molecule has 0 aromatic carbocycles. The van der Waals surface area contributed by atoms with Crippen molar-refractivity contribution in [3.63, 3.8) is 0 Å². The first-order chi connectivity index (χ1) is 13.5. The van der Waals surface area contributed by atoms with Crippen LogP contribution in [0.5, 0.6) is 0 Å². The van der Waals surface area contributed by atoms with Crippen molar-refractivity contribution in [2.75, 3.05) is 29.5 Å². The molecule has 1 aliphatic heterocycles. The monoisotopic (exact) mass is 458 g/mol. The molecule has 1 aromatic rings. The third kappa shape index (κ3) is 6.82. The molecule has 0 saturated heterocycles. The lowest BCUT2D eigenvalue weighted by molar-refractivity contribution is -0.129. The fraction of sp³-hybridized carbons (Fsp3) is 0.500. The average Bonchev–Trinajstić information content (AvgIpc) is 2.99. The molecule has 162 valence electrons. The molecule has 2 heterocycles. The van der Waals surface area contributed by atoms with Crippen LogP contribution in [0.25, 0.3) is 5.70 Å². The molecule has 1 aliphatic rings. The van der Waals surface area contributed by atoms with Gasteiger partial charge in [0.25, 0.3) is 0 Å². The van der Waals surface area contributed by atoms with Crippen LogP contribution in [0, 0.1) is 0 Å². The Labute approximate surface area is 171 Å². The lowest BCUT2D eigenvalue weighted by Gasteiger charge is -2.20. The minimum absolute atomic E-state index is 0.0567. The number of nitrogens with zero attached hydrogens (tertiary/aromatic N) is 4. The van der Waals surface area contributed by atoms with E-state index in [1.807, 2.05) is 0 Å². The molecular weight excluding hydrogens is 440 g/mol. The Hall–Kier alpha value is -1.92.